The quantitative estimate of drug-likeness (QED) is 0.923. The van der Waals surface area contributed by atoms with E-state index >= 15 is 0 Å². The number of nitrogens with zero attached hydrogens (tertiary/aromatic N) is 1. The maximum Gasteiger partial charge on any atom is 0.252 e. The normalized spacial score (nSPS) is 17.3. The Labute approximate surface area is 135 Å². The second-order valence-electron chi connectivity index (χ2n) is 6.82. The third-order valence-corrected chi connectivity index (χ3v) is 4.00. The highest BCUT2D eigenvalue weighted by atomic mass is 19.1. The van der Waals surface area contributed by atoms with Crippen LogP contribution >= 0.6 is 0 Å². The van der Waals surface area contributed by atoms with Crippen LogP contribution in [0.25, 0.3) is 0 Å². The second kappa shape index (κ2) is 5.61. The fraction of sp³-hybridized carbons (Fsp3) is 0.263. The number of pyridine rings is 1. The molecule has 1 atom stereocenters. The molecular formula is C19H19FN2O. The topological polar surface area (TPSA) is 42.0 Å². The van der Waals surface area contributed by atoms with Crippen molar-refractivity contribution in [1.29, 1.82) is 0 Å². The predicted molar refractivity (Wildman–Crippen MR) is 87.9 cm³/mol. The summed E-state index contributed by atoms with van der Waals surface area (Å²) in [5.41, 5.74) is 3.06. The van der Waals surface area contributed by atoms with Gasteiger partial charge in [0.1, 0.15) is 5.82 Å². The van der Waals surface area contributed by atoms with Crippen LogP contribution in [-0.4, -0.2) is 10.9 Å². The van der Waals surface area contributed by atoms with Crippen LogP contribution in [0.15, 0.2) is 65.4 Å². The molecule has 0 bridgehead atoms. The SMILES string of the molecule is CC(C)(C)C(NC(=O)C1=C2C=CC=C2C=C1)c1ccc(F)cn1. The Balaban J connectivity index is 1.88. The van der Waals surface area contributed by atoms with Crippen LogP contribution in [0.3, 0.4) is 0 Å². The van der Waals surface area contributed by atoms with Crippen molar-refractivity contribution in [2.24, 2.45) is 5.41 Å². The monoisotopic (exact) mass is 310 g/mol. The second-order valence-corrected chi connectivity index (χ2v) is 6.82. The minimum Gasteiger partial charge on any atom is -0.343 e. The molecule has 3 nitrogen and oxygen atoms in total. The maximum atomic E-state index is 13.1. The number of halogens is 1. The number of fused-ring (bicyclic) bond motifs is 1. The van der Waals surface area contributed by atoms with E-state index in [0.29, 0.717) is 11.3 Å². The lowest BCUT2D eigenvalue weighted by Gasteiger charge is -2.31. The molecule has 1 unspecified atom stereocenters. The fourth-order valence-corrected chi connectivity index (χ4v) is 2.79. The number of hydrogen-bond acceptors (Lipinski definition) is 2. The van der Waals surface area contributed by atoms with Gasteiger partial charge >= 0.3 is 0 Å². The molecule has 0 aromatic carbocycles. The van der Waals surface area contributed by atoms with Crippen molar-refractivity contribution in [2.75, 3.05) is 0 Å². The number of rotatable bonds is 3. The Bertz CT molecular complexity index is 762. The first-order chi connectivity index (χ1) is 10.9. The maximum absolute atomic E-state index is 13.1. The van der Waals surface area contributed by atoms with Crippen LogP contribution in [-0.2, 0) is 4.79 Å². The molecule has 0 saturated carbocycles. The van der Waals surface area contributed by atoms with Crippen molar-refractivity contribution in [1.82, 2.24) is 10.3 Å². The van der Waals surface area contributed by atoms with E-state index in [9.17, 15) is 9.18 Å². The number of nitrogens with one attached hydrogen (secondary N) is 1. The zero-order valence-corrected chi connectivity index (χ0v) is 13.4. The Morgan fingerprint density at radius 2 is 2.00 bits per heavy atom. The van der Waals surface area contributed by atoms with E-state index in [2.05, 4.69) is 10.3 Å². The molecule has 1 aromatic heterocycles. The van der Waals surface area contributed by atoms with Gasteiger partial charge in [-0.2, -0.15) is 0 Å². The van der Waals surface area contributed by atoms with E-state index in [4.69, 9.17) is 0 Å². The zero-order valence-electron chi connectivity index (χ0n) is 13.4. The molecule has 2 aliphatic carbocycles. The average molecular weight is 310 g/mol. The summed E-state index contributed by atoms with van der Waals surface area (Å²) < 4.78 is 13.1. The Morgan fingerprint density at radius 3 is 2.65 bits per heavy atom. The minimum absolute atomic E-state index is 0.141. The highest BCUT2D eigenvalue weighted by Gasteiger charge is 2.31. The summed E-state index contributed by atoms with van der Waals surface area (Å²) in [6.45, 7) is 6.06. The van der Waals surface area contributed by atoms with Crippen molar-refractivity contribution >= 4 is 5.91 Å². The molecule has 0 radical (unpaired) electrons. The molecule has 1 N–H and O–H groups in total. The van der Waals surface area contributed by atoms with Crippen molar-refractivity contribution < 1.29 is 9.18 Å². The van der Waals surface area contributed by atoms with Gasteiger partial charge in [-0.05, 0) is 34.8 Å². The molecule has 4 heteroatoms. The van der Waals surface area contributed by atoms with E-state index < -0.39 is 0 Å². The first-order valence-corrected chi connectivity index (χ1v) is 7.59. The third-order valence-electron chi connectivity index (χ3n) is 4.00. The molecule has 1 amide bonds. The van der Waals surface area contributed by atoms with Crippen molar-refractivity contribution in [3.63, 3.8) is 0 Å². The highest BCUT2D eigenvalue weighted by molar-refractivity contribution is 6.00. The lowest BCUT2D eigenvalue weighted by Crippen LogP contribution is -2.37. The predicted octanol–water partition coefficient (Wildman–Crippen LogP) is 3.79. The van der Waals surface area contributed by atoms with Gasteiger partial charge in [-0.3, -0.25) is 9.78 Å². The number of aromatic nitrogens is 1. The van der Waals surface area contributed by atoms with Gasteiger partial charge < -0.3 is 5.32 Å². The lowest BCUT2D eigenvalue weighted by molar-refractivity contribution is -0.118. The van der Waals surface area contributed by atoms with E-state index in [1.54, 1.807) is 6.07 Å². The van der Waals surface area contributed by atoms with Gasteiger partial charge in [-0.1, -0.05) is 45.1 Å². The molecule has 1 heterocycles. The number of amides is 1. The smallest absolute Gasteiger partial charge is 0.252 e. The third kappa shape index (κ3) is 3.02. The molecule has 23 heavy (non-hydrogen) atoms. The summed E-state index contributed by atoms with van der Waals surface area (Å²) >= 11 is 0. The van der Waals surface area contributed by atoms with E-state index in [1.807, 2.05) is 51.2 Å². The summed E-state index contributed by atoms with van der Waals surface area (Å²) in [7, 11) is 0. The molecule has 0 aliphatic heterocycles. The van der Waals surface area contributed by atoms with Gasteiger partial charge in [0.25, 0.3) is 5.91 Å². The summed E-state index contributed by atoms with van der Waals surface area (Å²) in [6.07, 6.45) is 10.8. The van der Waals surface area contributed by atoms with Crippen molar-refractivity contribution in [2.45, 2.75) is 26.8 Å². The fourth-order valence-electron chi connectivity index (χ4n) is 2.79. The molecule has 118 valence electrons. The summed E-state index contributed by atoms with van der Waals surface area (Å²) in [4.78, 5) is 16.8. The van der Waals surface area contributed by atoms with E-state index in [0.717, 1.165) is 11.1 Å². The van der Waals surface area contributed by atoms with E-state index in [1.165, 1.54) is 12.3 Å². The van der Waals surface area contributed by atoms with Crippen LogP contribution in [0.1, 0.15) is 32.5 Å². The van der Waals surface area contributed by atoms with Gasteiger partial charge in [0.15, 0.2) is 0 Å². The van der Waals surface area contributed by atoms with Gasteiger partial charge in [0, 0.05) is 5.57 Å². The summed E-state index contributed by atoms with van der Waals surface area (Å²) in [6, 6.07) is 2.68. The number of carbonyl (C=O) groups is 1. The Morgan fingerprint density at radius 1 is 1.22 bits per heavy atom. The van der Waals surface area contributed by atoms with Crippen LogP contribution < -0.4 is 5.32 Å². The lowest BCUT2D eigenvalue weighted by atomic mass is 9.84. The standard InChI is InChI=1S/C19H19FN2O/c1-19(2,3)17(16-10-8-13(20)11-21-16)22-18(23)15-9-7-12-5-4-6-14(12)15/h4-11,17H,1-3H3,(H,22,23). The van der Waals surface area contributed by atoms with Gasteiger partial charge in [0.2, 0.25) is 0 Å². The van der Waals surface area contributed by atoms with Gasteiger partial charge in [-0.25, -0.2) is 4.39 Å². The minimum atomic E-state index is -0.387. The molecule has 0 spiro atoms. The molecule has 1 aromatic rings. The average Bonchev–Trinajstić information content (AvgIpc) is 3.07. The van der Waals surface area contributed by atoms with Crippen LogP contribution in [0.5, 0.6) is 0 Å². The largest absolute Gasteiger partial charge is 0.343 e. The molecule has 0 saturated heterocycles. The molecule has 3 rings (SSSR count). The number of allylic oxidation sites excluding steroid dienone is 6. The van der Waals surface area contributed by atoms with E-state index in [-0.39, 0.29) is 23.2 Å². The van der Waals surface area contributed by atoms with Crippen LogP contribution in [0, 0.1) is 11.2 Å². The molecule has 2 aliphatic rings. The first kappa shape index (κ1) is 15.4. The van der Waals surface area contributed by atoms with Crippen LogP contribution in [0.2, 0.25) is 0 Å². The zero-order chi connectivity index (χ0) is 16.6. The molecular weight excluding hydrogens is 291 g/mol. The number of carbonyl (C=O) groups excluding carboxylic acids is 1. The highest BCUT2D eigenvalue weighted by Crippen LogP contribution is 2.34. The number of hydrogen-bond donors (Lipinski definition) is 1. The summed E-state index contributed by atoms with van der Waals surface area (Å²) in [5.74, 6) is -0.528. The van der Waals surface area contributed by atoms with Gasteiger partial charge in [-0.15, -0.1) is 0 Å². The van der Waals surface area contributed by atoms with Gasteiger partial charge in [0.05, 0.1) is 17.9 Å². The Hall–Kier alpha value is -2.49. The van der Waals surface area contributed by atoms with Crippen molar-refractivity contribution in [3.8, 4) is 0 Å². The summed E-state index contributed by atoms with van der Waals surface area (Å²) in [5, 5.41) is 3.05. The Kier molecular flexibility index (Phi) is 3.76. The van der Waals surface area contributed by atoms with Crippen LogP contribution in [0.4, 0.5) is 4.39 Å². The van der Waals surface area contributed by atoms with Crippen molar-refractivity contribution in [3.05, 3.63) is 76.9 Å². The molecule has 0 fully saturated rings. The first-order valence-electron chi connectivity index (χ1n) is 7.59.